The van der Waals surface area contributed by atoms with Crippen molar-refractivity contribution in [2.45, 2.75) is 38.8 Å². The minimum absolute atomic E-state index is 0.0383. The van der Waals surface area contributed by atoms with Crippen LogP contribution >= 0.6 is 0 Å². The number of amides is 1. The third kappa shape index (κ3) is 7.01. The molecule has 1 atom stereocenters. The zero-order valence-electron chi connectivity index (χ0n) is 28.0. The van der Waals surface area contributed by atoms with E-state index in [4.69, 9.17) is 23.7 Å². The van der Waals surface area contributed by atoms with Gasteiger partial charge in [0.15, 0.2) is 23.0 Å². The van der Waals surface area contributed by atoms with Crippen LogP contribution in [0.15, 0.2) is 66.7 Å². The van der Waals surface area contributed by atoms with Gasteiger partial charge < -0.3 is 33.9 Å². The van der Waals surface area contributed by atoms with Gasteiger partial charge in [0.1, 0.15) is 11.5 Å². The lowest BCUT2D eigenvalue weighted by molar-refractivity contribution is -0.114. The summed E-state index contributed by atoms with van der Waals surface area (Å²) in [4.78, 5) is 16.7. The van der Waals surface area contributed by atoms with Crippen molar-refractivity contribution in [1.82, 2.24) is 9.80 Å². The average Bonchev–Trinajstić information content (AvgIpc) is 3.06. The molecule has 0 saturated carbocycles. The number of anilines is 1. The fourth-order valence-corrected chi connectivity index (χ4v) is 6.63. The Morgan fingerprint density at radius 3 is 2.26 bits per heavy atom. The Morgan fingerprint density at radius 2 is 1.53 bits per heavy atom. The fourth-order valence-electron chi connectivity index (χ4n) is 6.63. The molecule has 4 aromatic carbocycles. The molecule has 2 aliphatic heterocycles. The minimum atomic E-state index is -0.136. The summed E-state index contributed by atoms with van der Waals surface area (Å²) in [7, 11) is 9.23. The molecule has 0 fully saturated rings. The molecule has 0 unspecified atom stereocenters. The van der Waals surface area contributed by atoms with E-state index in [9.17, 15) is 4.79 Å². The zero-order valence-corrected chi connectivity index (χ0v) is 28.0. The van der Waals surface area contributed by atoms with Gasteiger partial charge in [-0.05, 0) is 98.1 Å². The van der Waals surface area contributed by atoms with Crippen molar-refractivity contribution in [2.75, 3.05) is 53.8 Å². The number of rotatable bonds is 10. The van der Waals surface area contributed by atoms with E-state index in [1.165, 1.54) is 18.1 Å². The lowest BCUT2D eigenvalue weighted by atomic mass is 9.88. The zero-order chi connectivity index (χ0) is 33.1. The van der Waals surface area contributed by atoms with E-state index < -0.39 is 0 Å². The van der Waals surface area contributed by atoms with Gasteiger partial charge in [-0.25, -0.2) is 0 Å². The summed E-state index contributed by atoms with van der Waals surface area (Å²) in [6.07, 6.45) is 2.47. The third-order valence-corrected chi connectivity index (χ3v) is 8.97. The summed E-state index contributed by atoms with van der Waals surface area (Å²) in [6, 6.07) is 21.9. The monoisotopic (exact) mass is 637 g/mol. The molecule has 47 heavy (non-hydrogen) atoms. The Labute approximate surface area is 276 Å². The summed E-state index contributed by atoms with van der Waals surface area (Å²) in [6.45, 7) is 4.10. The molecule has 0 bridgehead atoms. The SMILES string of the molecule is COc1cc2c(cc1Oc1c3c(cc(OC)c1OC)CCN(C)C3)[C@@H](Cc1cc(NC(C)=O)cc(Oc3ccccc3)c1)N(C)CC2. The van der Waals surface area contributed by atoms with Gasteiger partial charge in [-0.2, -0.15) is 0 Å². The summed E-state index contributed by atoms with van der Waals surface area (Å²) < 4.78 is 30.6. The van der Waals surface area contributed by atoms with E-state index in [0.717, 1.165) is 54.9 Å². The fraction of sp³-hybridized carbons (Fsp3) is 0.342. The van der Waals surface area contributed by atoms with Crippen molar-refractivity contribution in [3.8, 4) is 40.2 Å². The minimum Gasteiger partial charge on any atom is -0.493 e. The van der Waals surface area contributed by atoms with E-state index in [1.54, 1.807) is 21.3 Å². The predicted octanol–water partition coefficient (Wildman–Crippen LogP) is 7.02. The molecule has 1 N–H and O–H groups in total. The van der Waals surface area contributed by atoms with Gasteiger partial charge in [0.05, 0.1) is 21.3 Å². The molecule has 0 radical (unpaired) electrons. The van der Waals surface area contributed by atoms with Gasteiger partial charge in [-0.15, -0.1) is 0 Å². The van der Waals surface area contributed by atoms with E-state index in [1.807, 2.05) is 48.5 Å². The van der Waals surface area contributed by atoms with Crippen molar-refractivity contribution < 1.29 is 28.5 Å². The number of benzene rings is 4. The molecule has 1 amide bonds. The second kappa shape index (κ2) is 13.9. The Morgan fingerprint density at radius 1 is 0.787 bits per heavy atom. The molecule has 6 rings (SSSR count). The molecule has 0 saturated heterocycles. The van der Waals surface area contributed by atoms with E-state index in [0.29, 0.717) is 46.6 Å². The number of likely N-dealkylation sites (N-methyl/N-ethyl adjacent to an activating group) is 2. The summed E-state index contributed by atoms with van der Waals surface area (Å²) in [5.41, 5.74) is 6.40. The maximum Gasteiger partial charge on any atom is 0.221 e. The van der Waals surface area contributed by atoms with Crippen LogP contribution in [-0.4, -0.2) is 64.2 Å². The van der Waals surface area contributed by atoms with Crippen LogP contribution in [0.25, 0.3) is 0 Å². The van der Waals surface area contributed by atoms with Gasteiger partial charge in [0.2, 0.25) is 11.7 Å². The first-order chi connectivity index (χ1) is 22.8. The van der Waals surface area contributed by atoms with Gasteiger partial charge in [0, 0.05) is 49.9 Å². The van der Waals surface area contributed by atoms with Gasteiger partial charge in [-0.1, -0.05) is 18.2 Å². The Hall–Kier alpha value is -4.73. The largest absolute Gasteiger partial charge is 0.493 e. The third-order valence-electron chi connectivity index (χ3n) is 8.97. The number of hydrogen-bond acceptors (Lipinski definition) is 8. The van der Waals surface area contributed by atoms with E-state index in [2.05, 4.69) is 47.4 Å². The van der Waals surface area contributed by atoms with Crippen LogP contribution in [0.4, 0.5) is 5.69 Å². The van der Waals surface area contributed by atoms with E-state index in [-0.39, 0.29) is 11.9 Å². The van der Waals surface area contributed by atoms with Crippen molar-refractivity contribution >= 4 is 11.6 Å². The van der Waals surface area contributed by atoms with Gasteiger partial charge in [0.25, 0.3) is 0 Å². The van der Waals surface area contributed by atoms with Crippen LogP contribution in [0.1, 0.15) is 40.8 Å². The number of methoxy groups -OCH3 is 3. The van der Waals surface area contributed by atoms with Crippen molar-refractivity contribution in [3.05, 3.63) is 94.5 Å². The van der Waals surface area contributed by atoms with Crippen molar-refractivity contribution in [3.63, 3.8) is 0 Å². The quantitative estimate of drug-likeness (QED) is 0.199. The molecule has 0 aliphatic carbocycles. The highest BCUT2D eigenvalue weighted by Crippen LogP contribution is 2.48. The number of para-hydroxylation sites is 1. The molecule has 2 heterocycles. The highest BCUT2D eigenvalue weighted by Gasteiger charge is 2.30. The summed E-state index contributed by atoms with van der Waals surface area (Å²) >= 11 is 0. The topological polar surface area (TPSA) is 81.7 Å². The van der Waals surface area contributed by atoms with E-state index >= 15 is 0 Å². The van der Waals surface area contributed by atoms with Crippen LogP contribution in [0.2, 0.25) is 0 Å². The predicted molar refractivity (Wildman–Crippen MR) is 183 cm³/mol. The number of fused-ring (bicyclic) bond motifs is 2. The molecule has 246 valence electrons. The summed E-state index contributed by atoms with van der Waals surface area (Å²) in [5, 5.41) is 2.94. The number of ether oxygens (including phenoxy) is 5. The molecule has 9 heteroatoms. The number of carbonyl (C=O) groups is 1. The highest BCUT2D eigenvalue weighted by atomic mass is 16.5. The van der Waals surface area contributed by atoms with Gasteiger partial charge >= 0.3 is 0 Å². The normalized spacial score (nSPS) is 16.1. The summed E-state index contributed by atoms with van der Waals surface area (Å²) in [5.74, 6) is 4.41. The Kier molecular flexibility index (Phi) is 9.56. The number of carbonyl (C=O) groups excluding carboxylic acids is 1. The van der Waals surface area contributed by atoms with Gasteiger partial charge in [-0.3, -0.25) is 9.69 Å². The first-order valence-corrected chi connectivity index (χ1v) is 15.9. The first-order valence-electron chi connectivity index (χ1n) is 15.9. The number of nitrogens with one attached hydrogen (secondary N) is 1. The number of nitrogens with zero attached hydrogens (tertiary/aromatic N) is 2. The van der Waals surface area contributed by atoms with Crippen molar-refractivity contribution in [1.29, 1.82) is 0 Å². The Bertz CT molecular complexity index is 1760. The molecule has 0 spiro atoms. The molecule has 9 nitrogen and oxygen atoms in total. The number of hydrogen-bond donors (Lipinski definition) is 1. The smallest absolute Gasteiger partial charge is 0.221 e. The maximum absolute atomic E-state index is 12.0. The van der Waals surface area contributed by atoms with Crippen molar-refractivity contribution in [2.24, 2.45) is 0 Å². The molecule has 2 aliphatic rings. The van der Waals surface area contributed by atoms with Crippen LogP contribution in [0.5, 0.6) is 40.2 Å². The lowest BCUT2D eigenvalue weighted by Crippen LogP contribution is -2.33. The van der Waals surface area contributed by atoms with Crippen LogP contribution in [0, 0.1) is 0 Å². The average molecular weight is 638 g/mol. The molecule has 0 aromatic heterocycles. The molecular formula is C38H43N3O6. The first kappa shape index (κ1) is 32.2. The second-order valence-corrected chi connectivity index (χ2v) is 12.3. The molecular weight excluding hydrogens is 594 g/mol. The second-order valence-electron chi connectivity index (χ2n) is 12.3. The molecule has 4 aromatic rings. The van der Waals surface area contributed by atoms with Crippen LogP contribution in [0.3, 0.4) is 0 Å². The highest BCUT2D eigenvalue weighted by molar-refractivity contribution is 5.89. The standard InChI is InChI=1S/C38H43N3O6/c1-24(42)39-28-16-25(17-30(21-28)46-29-10-8-7-9-11-29)18-33-31-22-35(34(43-4)19-26(31)13-15-41(33)3)47-37-32-23-40(2)14-12-27(32)20-36(44-5)38(37)45-6/h7-11,16-17,19-22,33H,12-15,18,23H2,1-6H3,(H,39,42)/t33-/m1/s1. The maximum atomic E-state index is 12.0. The van der Waals surface area contributed by atoms with Crippen LogP contribution < -0.4 is 29.0 Å². The lowest BCUT2D eigenvalue weighted by Gasteiger charge is -2.35. The Balaban J connectivity index is 1.39. The van der Waals surface area contributed by atoms with Crippen LogP contribution in [-0.2, 0) is 30.6 Å².